The highest BCUT2D eigenvalue weighted by Gasteiger charge is 2.30. The van der Waals surface area contributed by atoms with Crippen molar-refractivity contribution in [3.8, 4) is 0 Å². The molecule has 1 aromatic carbocycles. The fourth-order valence-electron chi connectivity index (χ4n) is 2.65. The van der Waals surface area contributed by atoms with Crippen molar-refractivity contribution in [3.05, 3.63) is 35.9 Å². The molecule has 2 aliphatic carbocycles. The largest absolute Gasteiger partial charge is 0.353 e. The average molecular weight is 305 g/mol. The molecule has 2 fully saturated rings. The molecule has 3 rings (SSSR count). The van der Waals surface area contributed by atoms with E-state index in [1.54, 1.807) is 0 Å². The predicted molar refractivity (Wildman–Crippen MR) is 91.4 cm³/mol. The molecule has 1 N–H and O–H groups in total. The normalized spacial score (nSPS) is 18.5. The Hall–Kier alpha value is -0.960. The molecule has 0 aliphatic heterocycles. The van der Waals surface area contributed by atoms with Crippen LogP contribution in [0.5, 0.6) is 0 Å². The summed E-state index contributed by atoms with van der Waals surface area (Å²) in [6, 6.07) is 11.0. The van der Waals surface area contributed by atoms with Gasteiger partial charge in [-0.15, -0.1) is 0 Å². The number of rotatable bonds is 4. The maximum atomic E-state index is 11.4. The summed E-state index contributed by atoms with van der Waals surface area (Å²) >= 11 is 1.85. The number of amides is 1. The van der Waals surface area contributed by atoms with Gasteiger partial charge in [0.1, 0.15) is 0 Å². The molecule has 0 bridgehead atoms. The number of thioether (sulfide) groups is 1. The first-order valence-corrected chi connectivity index (χ1v) is 9.52. The molecule has 0 radical (unpaired) electrons. The van der Waals surface area contributed by atoms with Crippen LogP contribution >= 0.6 is 11.8 Å². The first-order chi connectivity index (χ1) is 10.3. The Morgan fingerprint density at radius 1 is 1.10 bits per heavy atom. The number of benzene rings is 1. The lowest BCUT2D eigenvalue weighted by molar-refractivity contribution is -0.123. The second kappa shape index (κ2) is 9.14. The van der Waals surface area contributed by atoms with Crippen LogP contribution in [0.1, 0.15) is 50.5 Å². The molecule has 2 nitrogen and oxygen atoms in total. The predicted octanol–water partition coefficient (Wildman–Crippen LogP) is 4.39. The molecule has 0 atom stereocenters. The van der Waals surface area contributed by atoms with E-state index < -0.39 is 0 Å². The number of carbonyl (C=O) groups excluding carboxylic acids is 1. The van der Waals surface area contributed by atoms with Crippen LogP contribution in [0.2, 0.25) is 0 Å². The summed E-state index contributed by atoms with van der Waals surface area (Å²) in [5.41, 5.74) is 1.41. The van der Waals surface area contributed by atoms with Gasteiger partial charge in [0.2, 0.25) is 5.91 Å². The lowest BCUT2D eigenvalue weighted by Gasteiger charge is -2.22. The first kappa shape index (κ1) is 16.4. The van der Waals surface area contributed by atoms with Gasteiger partial charge in [0.05, 0.1) is 0 Å². The van der Waals surface area contributed by atoms with Crippen LogP contribution < -0.4 is 5.32 Å². The van der Waals surface area contributed by atoms with E-state index in [-0.39, 0.29) is 0 Å². The molecule has 1 amide bonds. The minimum absolute atomic E-state index is 0.321. The van der Waals surface area contributed by atoms with Crippen molar-refractivity contribution in [1.82, 2.24) is 5.32 Å². The van der Waals surface area contributed by atoms with Crippen LogP contribution in [0.15, 0.2) is 30.3 Å². The van der Waals surface area contributed by atoms with Gasteiger partial charge in [0, 0.05) is 17.7 Å². The molecule has 1 aromatic rings. The molecule has 21 heavy (non-hydrogen) atoms. The Kier molecular flexibility index (Phi) is 7.14. The van der Waals surface area contributed by atoms with E-state index in [9.17, 15) is 4.79 Å². The molecule has 3 heteroatoms. The molecule has 2 aliphatic rings. The molecule has 0 saturated heterocycles. The van der Waals surface area contributed by atoms with Gasteiger partial charge in [0.25, 0.3) is 0 Å². The molecule has 0 heterocycles. The average Bonchev–Trinajstić information content (AvgIpc) is 3.35. The quantitative estimate of drug-likeness (QED) is 0.893. The van der Waals surface area contributed by atoms with Crippen molar-refractivity contribution < 1.29 is 4.79 Å². The smallest absolute Gasteiger partial charge is 0.223 e. The van der Waals surface area contributed by atoms with E-state index in [4.69, 9.17) is 0 Å². The third kappa shape index (κ3) is 6.56. The summed E-state index contributed by atoms with van der Waals surface area (Å²) in [5, 5.41) is 3.14. The van der Waals surface area contributed by atoms with E-state index >= 15 is 0 Å². The van der Waals surface area contributed by atoms with Gasteiger partial charge in [-0.2, -0.15) is 11.8 Å². The summed E-state index contributed by atoms with van der Waals surface area (Å²) in [5.74, 6) is 1.83. The SMILES string of the molecule is CSCc1ccccc1.O=C(NC1CCCCC1)C1CC1. The number of hydrogen-bond donors (Lipinski definition) is 1. The molecule has 0 unspecified atom stereocenters. The van der Waals surface area contributed by atoms with E-state index in [0.717, 1.165) is 18.6 Å². The maximum absolute atomic E-state index is 11.4. The number of nitrogens with one attached hydrogen (secondary N) is 1. The fraction of sp³-hybridized carbons (Fsp3) is 0.611. The molecule has 0 spiro atoms. The van der Waals surface area contributed by atoms with Crippen LogP contribution in [0.25, 0.3) is 0 Å². The summed E-state index contributed by atoms with van der Waals surface area (Å²) < 4.78 is 0. The van der Waals surface area contributed by atoms with Crippen LogP contribution in [0.3, 0.4) is 0 Å². The fourth-order valence-corrected chi connectivity index (χ4v) is 3.18. The van der Waals surface area contributed by atoms with Crippen molar-refractivity contribution in [3.63, 3.8) is 0 Å². The van der Waals surface area contributed by atoms with Crippen LogP contribution in [-0.2, 0) is 10.5 Å². The number of hydrogen-bond acceptors (Lipinski definition) is 2. The van der Waals surface area contributed by atoms with E-state index in [1.165, 1.54) is 37.7 Å². The lowest BCUT2D eigenvalue weighted by atomic mass is 9.95. The Balaban J connectivity index is 0.000000161. The van der Waals surface area contributed by atoms with E-state index in [2.05, 4.69) is 35.8 Å². The van der Waals surface area contributed by atoms with Crippen molar-refractivity contribution in [2.24, 2.45) is 5.92 Å². The van der Waals surface area contributed by atoms with Crippen LogP contribution in [-0.4, -0.2) is 18.2 Å². The topological polar surface area (TPSA) is 29.1 Å². The molecule has 0 aromatic heterocycles. The molecule has 2 saturated carbocycles. The van der Waals surface area contributed by atoms with Gasteiger partial charge in [-0.1, -0.05) is 49.6 Å². The lowest BCUT2D eigenvalue weighted by Crippen LogP contribution is -2.37. The van der Waals surface area contributed by atoms with Gasteiger partial charge >= 0.3 is 0 Å². The Morgan fingerprint density at radius 2 is 1.76 bits per heavy atom. The van der Waals surface area contributed by atoms with Gasteiger partial charge in [-0.05, 0) is 37.5 Å². The zero-order chi connectivity index (χ0) is 14.9. The first-order valence-electron chi connectivity index (χ1n) is 8.13. The zero-order valence-corrected chi connectivity index (χ0v) is 13.8. The molecule has 116 valence electrons. The highest BCUT2D eigenvalue weighted by molar-refractivity contribution is 7.97. The van der Waals surface area contributed by atoms with Crippen molar-refractivity contribution in [2.45, 2.75) is 56.7 Å². The number of carbonyl (C=O) groups is 1. The van der Waals surface area contributed by atoms with Crippen molar-refractivity contribution in [1.29, 1.82) is 0 Å². The van der Waals surface area contributed by atoms with Gasteiger partial charge in [-0.25, -0.2) is 0 Å². The molecular formula is C18H27NOS. The Morgan fingerprint density at radius 3 is 2.33 bits per heavy atom. The third-order valence-electron chi connectivity index (χ3n) is 4.05. The summed E-state index contributed by atoms with van der Waals surface area (Å²) in [7, 11) is 0. The molecular weight excluding hydrogens is 278 g/mol. The maximum Gasteiger partial charge on any atom is 0.223 e. The monoisotopic (exact) mass is 305 g/mol. The van der Waals surface area contributed by atoms with Gasteiger partial charge in [-0.3, -0.25) is 4.79 Å². The van der Waals surface area contributed by atoms with E-state index in [0.29, 0.717) is 17.9 Å². The highest BCUT2D eigenvalue weighted by atomic mass is 32.2. The standard InChI is InChI=1S/C10H17NO.C8H10S/c12-10(8-6-7-8)11-9-4-2-1-3-5-9;1-9-7-8-5-3-2-4-6-8/h8-9H,1-7H2,(H,11,12);2-6H,7H2,1H3. The second-order valence-electron chi connectivity index (χ2n) is 6.04. The van der Waals surface area contributed by atoms with Crippen LogP contribution in [0.4, 0.5) is 0 Å². The highest BCUT2D eigenvalue weighted by Crippen LogP contribution is 2.29. The van der Waals surface area contributed by atoms with Crippen LogP contribution in [0, 0.1) is 5.92 Å². The Bertz CT molecular complexity index is 410. The minimum atomic E-state index is 0.321. The Labute approximate surface area is 133 Å². The minimum Gasteiger partial charge on any atom is -0.353 e. The van der Waals surface area contributed by atoms with Crippen molar-refractivity contribution in [2.75, 3.05) is 6.26 Å². The summed E-state index contributed by atoms with van der Waals surface area (Å²) in [6.07, 6.45) is 10.7. The zero-order valence-electron chi connectivity index (χ0n) is 13.0. The van der Waals surface area contributed by atoms with Gasteiger partial charge in [0.15, 0.2) is 0 Å². The van der Waals surface area contributed by atoms with Gasteiger partial charge < -0.3 is 5.32 Å². The third-order valence-corrected chi connectivity index (χ3v) is 4.68. The summed E-state index contributed by atoms with van der Waals surface area (Å²) in [6.45, 7) is 0. The summed E-state index contributed by atoms with van der Waals surface area (Å²) in [4.78, 5) is 11.4. The van der Waals surface area contributed by atoms with E-state index in [1.807, 2.05) is 17.8 Å². The van der Waals surface area contributed by atoms with Crippen molar-refractivity contribution >= 4 is 17.7 Å². The second-order valence-corrected chi connectivity index (χ2v) is 6.90.